The van der Waals surface area contributed by atoms with Gasteiger partial charge in [0.1, 0.15) is 5.82 Å². The molecule has 0 spiro atoms. The average Bonchev–Trinajstić information content (AvgIpc) is 2.21. The van der Waals surface area contributed by atoms with Crippen molar-refractivity contribution in [2.24, 2.45) is 0 Å². The molecule has 0 saturated heterocycles. The van der Waals surface area contributed by atoms with Crippen LogP contribution >= 0.6 is 23.2 Å². The second-order valence-corrected chi connectivity index (χ2v) is 4.34. The minimum Gasteiger partial charge on any atom is -0.206 e. The van der Waals surface area contributed by atoms with Crippen LogP contribution in [-0.2, 0) is 0 Å². The molecule has 0 heterocycles. The van der Waals surface area contributed by atoms with Crippen LogP contribution < -0.4 is 0 Å². The van der Waals surface area contributed by atoms with E-state index in [4.69, 9.17) is 23.2 Å². The van der Waals surface area contributed by atoms with Crippen molar-refractivity contribution in [3.8, 4) is 11.1 Å². The quantitative estimate of drug-likeness (QED) is 0.664. The fourth-order valence-corrected chi connectivity index (χ4v) is 2.26. The van der Waals surface area contributed by atoms with E-state index in [1.54, 1.807) is 18.2 Å². The SMILES string of the molecule is Cc1cccc(Cl)c1-c1c(F)cccc1Cl. The van der Waals surface area contributed by atoms with Crippen molar-refractivity contribution in [2.75, 3.05) is 0 Å². The summed E-state index contributed by atoms with van der Waals surface area (Å²) < 4.78 is 13.8. The highest BCUT2D eigenvalue weighted by Crippen LogP contribution is 2.37. The molecule has 82 valence electrons. The summed E-state index contributed by atoms with van der Waals surface area (Å²) in [5, 5.41) is 0.878. The minimum absolute atomic E-state index is 0.358. The van der Waals surface area contributed by atoms with E-state index in [9.17, 15) is 4.39 Å². The van der Waals surface area contributed by atoms with Crippen LogP contribution in [0.3, 0.4) is 0 Å². The molecule has 0 atom stereocenters. The zero-order chi connectivity index (χ0) is 11.7. The maximum atomic E-state index is 13.8. The number of aryl methyl sites for hydroxylation is 1. The van der Waals surface area contributed by atoms with Crippen molar-refractivity contribution in [1.82, 2.24) is 0 Å². The lowest BCUT2D eigenvalue weighted by Gasteiger charge is -2.11. The van der Waals surface area contributed by atoms with Crippen LogP contribution in [0.5, 0.6) is 0 Å². The average molecular weight is 255 g/mol. The van der Waals surface area contributed by atoms with Gasteiger partial charge in [0.05, 0.1) is 5.02 Å². The van der Waals surface area contributed by atoms with Gasteiger partial charge in [-0.05, 0) is 30.7 Å². The number of hydrogen-bond acceptors (Lipinski definition) is 0. The molecule has 3 heteroatoms. The van der Waals surface area contributed by atoms with Crippen LogP contribution in [0.15, 0.2) is 36.4 Å². The van der Waals surface area contributed by atoms with Crippen LogP contribution in [-0.4, -0.2) is 0 Å². The van der Waals surface area contributed by atoms with Gasteiger partial charge < -0.3 is 0 Å². The highest BCUT2D eigenvalue weighted by atomic mass is 35.5. The summed E-state index contributed by atoms with van der Waals surface area (Å²) in [7, 11) is 0. The summed E-state index contributed by atoms with van der Waals surface area (Å²) >= 11 is 12.1. The van der Waals surface area contributed by atoms with E-state index >= 15 is 0 Å². The Morgan fingerprint density at radius 3 is 2.00 bits per heavy atom. The summed E-state index contributed by atoms with van der Waals surface area (Å²) in [6, 6.07) is 10.0. The van der Waals surface area contributed by atoms with Crippen LogP contribution in [0, 0.1) is 12.7 Å². The zero-order valence-corrected chi connectivity index (χ0v) is 10.1. The standard InChI is InChI=1S/C13H9Cl2F/c1-8-4-2-5-9(14)12(8)13-10(15)6-3-7-11(13)16/h2-7H,1H3. The van der Waals surface area contributed by atoms with Crippen LogP contribution in [0.1, 0.15) is 5.56 Å². The lowest BCUT2D eigenvalue weighted by atomic mass is 10.00. The molecule has 2 aromatic carbocycles. The van der Waals surface area contributed by atoms with Gasteiger partial charge in [0.15, 0.2) is 0 Å². The molecule has 0 radical (unpaired) electrons. The maximum Gasteiger partial charge on any atom is 0.132 e. The van der Waals surface area contributed by atoms with Crippen molar-refractivity contribution in [2.45, 2.75) is 6.92 Å². The summed E-state index contributed by atoms with van der Waals surface area (Å²) in [4.78, 5) is 0. The molecule has 0 amide bonds. The van der Waals surface area contributed by atoms with Crippen molar-refractivity contribution in [3.05, 3.63) is 57.8 Å². The predicted octanol–water partition coefficient (Wildman–Crippen LogP) is 5.11. The van der Waals surface area contributed by atoms with Crippen molar-refractivity contribution >= 4 is 23.2 Å². The number of rotatable bonds is 1. The monoisotopic (exact) mass is 254 g/mol. The molecule has 0 aromatic heterocycles. The Kier molecular flexibility index (Phi) is 3.17. The molecular formula is C13H9Cl2F. The molecule has 0 aliphatic carbocycles. The first-order chi connectivity index (χ1) is 7.61. The summed E-state index contributed by atoms with van der Waals surface area (Å²) in [6.45, 7) is 1.88. The van der Waals surface area contributed by atoms with Crippen molar-refractivity contribution in [3.63, 3.8) is 0 Å². The van der Waals surface area contributed by atoms with Gasteiger partial charge in [-0.3, -0.25) is 0 Å². The summed E-state index contributed by atoms with van der Waals surface area (Å²) in [6.07, 6.45) is 0. The molecule has 0 aliphatic heterocycles. The van der Waals surface area contributed by atoms with Gasteiger partial charge in [-0.1, -0.05) is 41.4 Å². The molecule has 0 fully saturated rings. The summed E-state index contributed by atoms with van der Waals surface area (Å²) in [5.41, 5.74) is 1.93. The van der Waals surface area contributed by atoms with Gasteiger partial charge in [0.2, 0.25) is 0 Å². The molecule has 2 rings (SSSR count). The predicted molar refractivity (Wildman–Crippen MR) is 66.6 cm³/mol. The molecule has 0 nitrogen and oxygen atoms in total. The molecule has 0 unspecified atom stereocenters. The van der Waals surface area contributed by atoms with Crippen LogP contribution in [0.4, 0.5) is 4.39 Å². The van der Waals surface area contributed by atoms with Gasteiger partial charge in [0, 0.05) is 16.1 Å². The van der Waals surface area contributed by atoms with Crippen LogP contribution in [0.25, 0.3) is 11.1 Å². The van der Waals surface area contributed by atoms with E-state index in [1.807, 2.05) is 19.1 Å². The Morgan fingerprint density at radius 1 is 0.875 bits per heavy atom. The van der Waals surface area contributed by atoms with E-state index in [-0.39, 0.29) is 5.82 Å². The Morgan fingerprint density at radius 2 is 1.44 bits per heavy atom. The van der Waals surface area contributed by atoms with Gasteiger partial charge in [-0.25, -0.2) is 4.39 Å². The Bertz CT molecular complexity index is 445. The first-order valence-electron chi connectivity index (χ1n) is 4.80. The van der Waals surface area contributed by atoms with E-state index in [1.165, 1.54) is 6.07 Å². The Labute approximate surface area is 104 Å². The van der Waals surface area contributed by atoms with E-state index < -0.39 is 0 Å². The smallest absolute Gasteiger partial charge is 0.132 e. The third kappa shape index (κ3) is 1.93. The topological polar surface area (TPSA) is 0 Å². The second kappa shape index (κ2) is 4.44. The maximum absolute atomic E-state index is 13.8. The molecule has 0 N–H and O–H groups in total. The zero-order valence-electron chi connectivity index (χ0n) is 8.60. The molecule has 2 aromatic rings. The Balaban J connectivity index is 2.77. The lowest BCUT2D eigenvalue weighted by molar-refractivity contribution is 0.631. The molecule has 16 heavy (non-hydrogen) atoms. The highest BCUT2D eigenvalue weighted by Gasteiger charge is 2.14. The normalized spacial score (nSPS) is 10.5. The fraction of sp³-hybridized carbons (Fsp3) is 0.0769. The fourth-order valence-electron chi connectivity index (χ4n) is 1.69. The third-order valence-corrected chi connectivity index (χ3v) is 3.06. The number of benzene rings is 2. The molecule has 0 bridgehead atoms. The van der Waals surface area contributed by atoms with Crippen molar-refractivity contribution in [1.29, 1.82) is 0 Å². The summed E-state index contributed by atoms with van der Waals surface area (Å²) in [5.74, 6) is -0.358. The first kappa shape index (κ1) is 11.4. The second-order valence-electron chi connectivity index (χ2n) is 3.53. The van der Waals surface area contributed by atoms with Crippen LogP contribution in [0.2, 0.25) is 10.0 Å². The lowest BCUT2D eigenvalue weighted by Crippen LogP contribution is -1.90. The largest absolute Gasteiger partial charge is 0.206 e. The van der Waals surface area contributed by atoms with E-state index in [0.29, 0.717) is 21.2 Å². The number of hydrogen-bond donors (Lipinski definition) is 0. The molecule has 0 saturated carbocycles. The molecular weight excluding hydrogens is 246 g/mol. The number of halogens is 3. The van der Waals surface area contributed by atoms with Gasteiger partial charge in [-0.2, -0.15) is 0 Å². The van der Waals surface area contributed by atoms with Gasteiger partial charge in [0.25, 0.3) is 0 Å². The highest BCUT2D eigenvalue weighted by molar-refractivity contribution is 6.36. The minimum atomic E-state index is -0.358. The van der Waals surface area contributed by atoms with E-state index in [0.717, 1.165) is 5.56 Å². The van der Waals surface area contributed by atoms with E-state index in [2.05, 4.69) is 0 Å². The first-order valence-corrected chi connectivity index (χ1v) is 5.56. The van der Waals surface area contributed by atoms with Gasteiger partial charge >= 0.3 is 0 Å². The van der Waals surface area contributed by atoms with Gasteiger partial charge in [-0.15, -0.1) is 0 Å². The van der Waals surface area contributed by atoms with Crippen molar-refractivity contribution < 1.29 is 4.39 Å². The molecule has 0 aliphatic rings. The Hall–Kier alpha value is -1.05. The third-order valence-electron chi connectivity index (χ3n) is 2.43.